The molecule has 18 heavy (non-hydrogen) atoms. The zero-order chi connectivity index (χ0) is 12.4. The van der Waals surface area contributed by atoms with E-state index in [0.717, 1.165) is 6.42 Å². The molecule has 0 aliphatic carbocycles. The molecule has 0 aromatic carbocycles. The molecule has 98 valence electrons. The van der Waals surface area contributed by atoms with Gasteiger partial charge in [0, 0.05) is 57.2 Å². The van der Waals surface area contributed by atoms with Gasteiger partial charge < -0.3 is 5.32 Å². The van der Waals surface area contributed by atoms with Crippen molar-refractivity contribution in [2.45, 2.75) is 18.5 Å². The zero-order valence-electron chi connectivity index (χ0n) is 11.0. The van der Waals surface area contributed by atoms with Crippen LogP contribution in [0.2, 0.25) is 0 Å². The number of piperazine rings is 3. The number of fused-ring (bicyclic) bond motifs is 3. The van der Waals surface area contributed by atoms with Crippen LogP contribution in [0.4, 0.5) is 0 Å². The highest BCUT2D eigenvalue weighted by Crippen LogP contribution is 2.20. The number of hydrogen-bond acceptors (Lipinski definition) is 4. The number of pyridine rings is 1. The summed E-state index contributed by atoms with van der Waals surface area (Å²) in [4.78, 5) is 9.34. The van der Waals surface area contributed by atoms with Gasteiger partial charge in [0.15, 0.2) is 0 Å². The number of hydrogen-bond donors (Lipinski definition) is 1. The first kappa shape index (κ1) is 12.1. The highest BCUT2D eigenvalue weighted by atomic mass is 15.4. The minimum atomic E-state index is 0.538. The summed E-state index contributed by atoms with van der Waals surface area (Å²) < 4.78 is 0. The van der Waals surface area contributed by atoms with Gasteiger partial charge in [-0.05, 0) is 31.2 Å². The van der Waals surface area contributed by atoms with E-state index < -0.39 is 0 Å². The maximum absolute atomic E-state index is 4.09. The molecular weight excluding hydrogens is 224 g/mol. The lowest BCUT2D eigenvalue weighted by atomic mass is 9.95. The summed E-state index contributed by atoms with van der Waals surface area (Å²) in [6, 6.07) is 5.45. The molecule has 3 aliphatic rings. The summed E-state index contributed by atoms with van der Waals surface area (Å²) in [6.45, 7) is 6.19. The SMILES string of the molecule is CNC(Cc1ccncc1)C1CN2CCN1CC2. The molecule has 4 rings (SSSR count). The predicted molar refractivity (Wildman–Crippen MR) is 72.6 cm³/mol. The molecule has 4 heteroatoms. The molecule has 2 unspecified atom stereocenters. The van der Waals surface area contributed by atoms with Gasteiger partial charge in [-0.1, -0.05) is 0 Å². The van der Waals surface area contributed by atoms with Gasteiger partial charge in [0.05, 0.1) is 0 Å². The lowest BCUT2D eigenvalue weighted by molar-refractivity contribution is -0.00202. The Kier molecular flexibility index (Phi) is 3.59. The van der Waals surface area contributed by atoms with Crippen LogP contribution in [0.15, 0.2) is 24.5 Å². The number of rotatable bonds is 4. The smallest absolute Gasteiger partial charge is 0.0380 e. The average Bonchev–Trinajstić information content (AvgIpc) is 2.47. The largest absolute Gasteiger partial charge is 0.315 e. The van der Waals surface area contributed by atoms with Crippen LogP contribution in [0, 0.1) is 0 Å². The number of nitrogens with one attached hydrogen (secondary N) is 1. The Morgan fingerprint density at radius 1 is 1.28 bits per heavy atom. The lowest BCUT2D eigenvalue weighted by Gasteiger charge is -2.50. The molecule has 4 nitrogen and oxygen atoms in total. The molecule has 1 aromatic heterocycles. The fourth-order valence-electron chi connectivity index (χ4n) is 3.24. The highest BCUT2D eigenvalue weighted by Gasteiger charge is 2.35. The van der Waals surface area contributed by atoms with Crippen LogP contribution < -0.4 is 5.32 Å². The summed E-state index contributed by atoms with van der Waals surface area (Å²) in [5.74, 6) is 0. The molecule has 1 aromatic rings. The Bertz CT molecular complexity index is 373. The van der Waals surface area contributed by atoms with Crippen LogP contribution in [-0.4, -0.2) is 66.6 Å². The lowest BCUT2D eigenvalue weighted by Crippen LogP contribution is -2.66. The predicted octanol–water partition coefficient (Wildman–Crippen LogP) is 0.212. The third-order valence-electron chi connectivity index (χ3n) is 4.36. The van der Waals surface area contributed by atoms with E-state index in [1.807, 2.05) is 12.4 Å². The minimum absolute atomic E-state index is 0.538. The van der Waals surface area contributed by atoms with Crippen molar-refractivity contribution in [1.29, 1.82) is 0 Å². The van der Waals surface area contributed by atoms with E-state index in [9.17, 15) is 0 Å². The van der Waals surface area contributed by atoms with Gasteiger partial charge in [0.25, 0.3) is 0 Å². The van der Waals surface area contributed by atoms with E-state index >= 15 is 0 Å². The topological polar surface area (TPSA) is 31.4 Å². The van der Waals surface area contributed by atoms with Gasteiger partial charge in [0.1, 0.15) is 0 Å². The quantitative estimate of drug-likeness (QED) is 0.823. The summed E-state index contributed by atoms with van der Waals surface area (Å²) >= 11 is 0. The van der Waals surface area contributed by atoms with E-state index in [4.69, 9.17) is 0 Å². The molecule has 0 spiro atoms. The molecule has 3 saturated heterocycles. The van der Waals surface area contributed by atoms with E-state index in [0.29, 0.717) is 12.1 Å². The van der Waals surface area contributed by atoms with Crippen molar-refractivity contribution < 1.29 is 0 Å². The fraction of sp³-hybridized carbons (Fsp3) is 0.643. The summed E-state index contributed by atoms with van der Waals surface area (Å²) in [6.07, 6.45) is 4.87. The first-order chi connectivity index (χ1) is 8.86. The Labute approximate surface area is 109 Å². The van der Waals surface area contributed by atoms with E-state index in [2.05, 4.69) is 39.3 Å². The molecule has 2 bridgehead atoms. The maximum atomic E-state index is 4.09. The van der Waals surface area contributed by atoms with Crippen LogP contribution in [0.3, 0.4) is 0 Å². The Balaban J connectivity index is 1.69. The van der Waals surface area contributed by atoms with E-state index in [-0.39, 0.29) is 0 Å². The normalized spacial score (nSPS) is 32.4. The fourth-order valence-corrected chi connectivity index (χ4v) is 3.24. The Morgan fingerprint density at radius 3 is 2.56 bits per heavy atom. The number of aromatic nitrogens is 1. The third kappa shape index (κ3) is 2.41. The summed E-state index contributed by atoms with van der Waals surface area (Å²) in [7, 11) is 2.09. The second kappa shape index (κ2) is 5.34. The van der Waals surface area contributed by atoms with E-state index in [1.165, 1.54) is 38.3 Å². The Hall–Kier alpha value is -0.970. The first-order valence-corrected chi connectivity index (χ1v) is 6.89. The van der Waals surface area contributed by atoms with Gasteiger partial charge in [-0.2, -0.15) is 0 Å². The number of nitrogens with zero attached hydrogens (tertiary/aromatic N) is 3. The van der Waals surface area contributed by atoms with Crippen LogP contribution >= 0.6 is 0 Å². The van der Waals surface area contributed by atoms with Gasteiger partial charge >= 0.3 is 0 Å². The second-order valence-corrected chi connectivity index (χ2v) is 5.36. The van der Waals surface area contributed by atoms with Crippen LogP contribution in [0.25, 0.3) is 0 Å². The molecule has 3 fully saturated rings. The maximum Gasteiger partial charge on any atom is 0.0380 e. The molecule has 0 saturated carbocycles. The molecular formula is C14H22N4. The van der Waals surface area contributed by atoms with Crippen molar-refractivity contribution in [3.63, 3.8) is 0 Å². The monoisotopic (exact) mass is 246 g/mol. The van der Waals surface area contributed by atoms with Gasteiger partial charge in [-0.25, -0.2) is 0 Å². The average molecular weight is 246 g/mol. The van der Waals surface area contributed by atoms with E-state index in [1.54, 1.807) is 0 Å². The van der Waals surface area contributed by atoms with Gasteiger partial charge in [-0.15, -0.1) is 0 Å². The molecule has 1 N–H and O–H groups in total. The molecule has 2 atom stereocenters. The first-order valence-electron chi connectivity index (χ1n) is 6.89. The molecule has 0 amide bonds. The highest BCUT2D eigenvalue weighted by molar-refractivity contribution is 5.13. The van der Waals surface area contributed by atoms with Crippen LogP contribution in [-0.2, 0) is 6.42 Å². The standard InChI is InChI=1S/C14H22N4/c1-15-13(10-12-2-4-16-5-3-12)14-11-17-6-8-18(14)9-7-17/h2-5,13-15H,6-11H2,1H3. The van der Waals surface area contributed by atoms with Crippen LogP contribution in [0.1, 0.15) is 5.56 Å². The molecule has 3 aliphatic heterocycles. The van der Waals surface area contributed by atoms with Gasteiger partial charge in [-0.3, -0.25) is 14.8 Å². The Morgan fingerprint density at radius 2 is 2.00 bits per heavy atom. The van der Waals surface area contributed by atoms with Crippen molar-refractivity contribution >= 4 is 0 Å². The summed E-state index contributed by atoms with van der Waals surface area (Å²) in [5.41, 5.74) is 1.38. The van der Waals surface area contributed by atoms with Crippen LogP contribution in [0.5, 0.6) is 0 Å². The van der Waals surface area contributed by atoms with Crippen molar-refractivity contribution in [3.05, 3.63) is 30.1 Å². The third-order valence-corrected chi connectivity index (χ3v) is 4.36. The zero-order valence-corrected chi connectivity index (χ0v) is 11.0. The van der Waals surface area contributed by atoms with Crippen molar-refractivity contribution in [2.24, 2.45) is 0 Å². The second-order valence-electron chi connectivity index (χ2n) is 5.36. The van der Waals surface area contributed by atoms with Crippen molar-refractivity contribution in [2.75, 3.05) is 39.8 Å². The number of likely N-dealkylation sites (N-methyl/N-ethyl adjacent to an activating group) is 1. The van der Waals surface area contributed by atoms with Crippen molar-refractivity contribution in [1.82, 2.24) is 20.1 Å². The van der Waals surface area contributed by atoms with Gasteiger partial charge in [0.2, 0.25) is 0 Å². The summed E-state index contributed by atoms with van der Waals surface area (Å²) in [5, 5.41) is 3.52. The molecule has 4 heterocycles. The minimum Gasteiger partial charge on any atom is -0.315 e. The molecule has 0 radical (unpaired) electrons. The van der Waals surface area contributed by atoms with Crippen molar-refractivity contribution in [3.8, 4) is 0 Å².